The second kappa shape index (κ2) is 9.61. The Bertz CT molecular complexity index is 168. The van der Waals surface area contributed by atoms with Gasteiger partial charge in [0.25, 0.3) is 0 Å². The molecular formula is C13H25IO. The lowest BCUT2D eigenvalue weighted by molar-refractivity contribution is -0.121. The Balaban J connectivity index is 3.55. The van der Waals surface area contributed by atoms with E-state index in [2.05, 4.69) is 43.4 Å². The van der Waals surface area contributed by atoms with Crippen LogP contribution in [0, 0.1) is 11.8 Å². The molecule has 1 unspecified atom stereocenters. The topological polar surface area (TPSA) is 17.1 Å². The number of unbranched alkanes of at least 4 members (excludes halogenated alkanes) is 4. The number of carbonyl (C=O) groups is 1. The average molecular weight is 324 g/mol. The van der Waals surface area contributed by atoms with Crippen molar-refractivity contribution in [1.82, 2.24) is 0 Å². The van der Waals surface area contributed by atoms with Gasteiger partial charge >= 0.3 is 0 Å². The number of Topliss-reactive ketones (excluding diaryl/α,β-unsaturated/α-hetero) is 1. The molecule has 0 aromatic rings. The third-order valence-electron chi connectivity index (χ3n) is 3.26. The van der Waals surface area contributed by atoms with E-state index in [1.807, 2.05) is 0 Å². The van der Waals surface area contributed by atoms with Crippen molar-refractivity contribution in [2.45, 2.75) is 59.3 Å². The van der Waals surface area contributed by atoms with E-state index in [1.54, 1.807) is 0 Å². The summed E-state index contributed by atoms with van der Waals surface area (Å²) in [4.78, 5) is 11.5. The Labute approximate surface area is 109 Å². The first-order chi connectivity index (χ1) is 7.13. The van der Waals surface area contributed by atoms with E-state index in [-0.39, 0.29) is 5.92 Å². The van der Waals surface area contributed by atoms with Crippen LogP contribution in [0.5, 0.6) is 0 Å². The largest absolute Gasteiger partial charge is 0.299 e. The molecule has 0 aliphatic rings. The molecule has 0 radical (unpaired) electrons. The first-order valence-corrected chi connectivity index (χ1v) is 7.74. The third kappa shape index (κ3) is 7.31. The maximum absolute atomic E-state index is 11.5. The highest BCUT2D eigenvalue weighted by atomic mass is 127. The molecule has 0 aliphatic carbocycles. The van der Waals surface area contributed by atoms with Gasteiger partial charge < -0.3 is 0 Å². The quantitative estimate of drug-likeness (QED) is 0.343. The van der Waals surface area contributed by atoms with Crippen LogP contribution in [0.25, 0.3) is 0 Å². The number of rotatable bonds is 9. The predicted octanol–water partition coefficient (Wildman–Crippen LogP) is 4.62. The van der Waals surface area contributed by atoms with Crippen LogP contribution in [0.4, 0.5) is 0 Å². The minimum absolute atomic E-state index is 0.257. The van der Waals surface area contributed by atoms with Crippen molar-refractivity contribution in [3.8, 4) is 0 Å². The Morgan fingerprint density at radius 3 is 2.27 bits per heavy atom. The van der Waals surface area contributed by atoms with Crippen LogP contribution in [0.3, 0.4) is 0 Å². The van der Waals surface area contributed by atoms with Gasteiger partial charge in [-0.05, 0) is 5.92 Å². The van der Waals surface area contributed by atoms with Crippen LogP contribution in [0.1, 0.15) is 59.3 Å². The summed E-state index contributed by atoms with van der Waals surface area (Å²) in [5, 5.41) is 0. The van der Waals surface area contributed by atoms with Crippen molar-refractivity contribution in [2.75, 3.05) is 4.43 Å². The first-order valence-electron chi connectivity index (χ1n) is 6.22. The zero-order chi connectivity index (χ0) is 11.7. The molecular weight excluding hydrogens is 299 g/mol. The standard InChI is InChI=1S/C13H25IO/c1-4-5-6-7-8-9-11(2)12(3)13(15)10-14/h11-12H,4-10H2,1-3H3/t11-,12?/m1/s1. The molecule has 0 spiro atoms. The van der Waals surface area contributed by atoms with Crippen LogP contribution in [-0.2, 0) is 4.79 Å². The number of halogens is 1. The molecule has 0 saturated heterocycles. The minimum Gasteiger partial charge on any atom is -0.299 e. The highest BCUT2D eigenvalue weighted by Gasteiger charge is 2.18. The Kier molecular flexibility index (Phi) is 9.87. The smallest absolute Gasteiger partial charge is 0.145 e. The molecule has 90 valence electrons. The fourth-order valence-corrected chi connectivity index (χ4v) is 2.45. The molecule has 0 bridgehead atoms. The summed E-state index contributed by atoms with van der Waals surface area (Å²) in [5.41, 5.74) is 0. The van der Waals surface area contributed by atoms with Crippen LogP contribution in [-0.4, -0.2) is 10.2 Å². The monoisotopic (exact) mass is 324 g/mol. The van der Waals surface area contributed by atoms with Crippen molar-refractivity contribution in [1.29, 1.82) is 0 Å². The lowest BCUT2D eigenvalue weighted by atomic mass is 9.88. The van der Waals surface area contributed by atoms with E-state index in [0.717, 1.165) is 0 Å². The second-order valence-electron chi connectivity index (χ2n) is 4.57. The van der Waals surface area contributed by atoms with E-state index in [4.69, 9.17) is 0 Å². The van der Waals surface area contributed by atoms with Crippen molar-refractivity contribution in [3.05, 3.63) is 0 Å². The number of ketones is 1. The Morgan fingerprint density at radius 2 is 1.73 bits per heavy atom. The molecule has 0 saturated carbocycles. The molecule has 0 amide bonds. The molecule has 0 aliphatic heterocycles. The molecule has 0 heterocycles. The van der Waals surface area contributed by atoms with E-state index < -0.39 is 0 Å². The molecule has 2 atom stereocenters. The van der Waals surface area contributed by atoms with Gasteiger partial charge in [0.05, 0.1) is 4.43 Å². The molecule has 0 fully saturated rings. The highest BCUT2D eigenvalue weighted by Crippen LogP contribution is 2.20. The molecule has 1 nitrogen and oxygen atoms in total. The van der Waals surface area contributed by atoms with E-state index >= 15 is 0 Å². The van der Waals surface area contributed by atoms with Gasteiger partial charge in [-0.2, -0.15) is 0 Å². The van der Waals surface area contributed by atoms with Crippen molar-refractivity contribution in [3.63, 3.8) is 0 Å². The minimum atomic E-state index is 0.257. The van der Waals surface area contributed by atoms with Gasteiger partial charge in [-0.15, -0.1) is 0 Å². The van der Waals surface area contributed by atoms with Gasteiger partial charge in [0.1, 0.15) is 5.78 Å². The van der Waals surface area contributed by atoms with E-state index in [9.17, 15) is 4.79 Å². The van der Waals surface area contributed by atoms with Gasteiger partial charge in [-0.1, -0.05) is 81.9 Å². The Morgan fingerprint density at radius 1 is 1.13 bits per heavy atom. The van der Waals surface area contributed by atoms with Crippen molar-refractivity contribution in [2.24, 2.45) is 11.8 Å². The lowest BCUT2D eigenvalue weighted by Gasteiger charge is -2.17. The number of hydrogen-bond donors (Lipinski definition) is 0. The number of alkyl halides is 1. The normalized spacial score (nSPS) is 14.9. The van der Waals surface area contributed by atoms with Crippen LogP contribution >= 0.6 is 22.6 Å². The summed E-state index contributed by atoms with van der Waals surface area (Å²) in [5.74, 6) is 1.23. The predicted molar refractivity (Wildman–Crippen MR) is 75.6 cm³/mol. The van der Waals surface area contributed by atoms with Crippen LogP contribution in [0.2, 0.25) is 0 Å². The van der Waals surface area contributed by atoms with Crippen LogP contribution in [0.15, 0.2) is 0 Å². The van der Waals surface area contributed by atoms with Gasteiger partial charge in [0.15, 0.2) is 0 Å². The fraction of sp³-hybridized carbons (Fsp3) is 0.923. The molecule has 0 rings (SSSR count). The van der Waals surface area contributed by atoms with E-state index in [1.165, 1.54) is 38.5 Å². The van der Waals surface area contributed by atoms with Gasteiger partial charge in [0, 0.05) is 5.92 Å². The molecule has 0 aromatic carbocycles. The maximum Gasteiger partial charge on any atom is 0.145 e. The highest BCUT2D eigenvalue weighted by molar-refractivity contribution is 14.1. The SMILES string of the molecule is CCCCCCC[C@@H](C)C(C)C(=O)CI. The molecule has 2 heteroatoms. The average Bonchev–Trinajstić information content (AvgIpc) is 2.26. The van der Waals surface area contributed by atoms with E-state index in [0.29, 0.717) is 16.1 Å². The summed E-state index contributed by atoms with van der Waals surface area (Å²) in [6.07, 6.45) is 7.87. The Hall–Kier alpha value is 0.400. The summed E-state index contributed by atoms with van der Waals surface area (Å²) < 4.78 is 0.666. The van der Waals surface area contributed by atoms with Crippen molar-refractivity contribution >= 4 is 28.4 Å². The summed E-state index contributed by atoms with van der Waals surface area (Å²) in [7, 11) is 0. The molecule has 0 N–H and O–H groups in total. The summed E-state index contributed by atoms with van der Waals surface area (Å²) in [6.45, 7) is 6.54. The molecule has 15 heavy (non-hydrogen) atoms. The van der Waals surface area contributed by atoms with Gasteiger partial charge in [0.2, 0.25) is 0 Å². The zero-order valence-corrected chi connectivity index (χ0v) is 12.5. The lowest BCUT2D eigenvalue weighted by Crippen LogP contribution is -2.19. The van der Waals surface area contributed by atoms with Gasteiger partial charge in [-0.3, -0.25) is 4.79 Å². The fourth-order valence-electron chi connectivity index (χ4n) is 1.76. The number of hydrogen-bond acceptors (Lipinski definition) is 1. The first kappa shape index (κ1) is 15.4. The molecule has 0 aromatic heterocycles. The van der Waals surface area contributed by atoms with Gasteiger partial charge in [-0.25, -0.2) is 0 Å². The summed E-state index contributed by atoms with van der Waals surface area (Å²) in [6, 6.07) is 0. The maximum atomic E-state index is 11.5. The third-order valence-corrected chi connectivity index (χ3v) is 4.01. The number of carbonyl (C=O) groups excluding carboxylic acids is 1. The second-order valence-corrected chi connectivity index (χ2v) is 5.33. The van der Waals surface area contributed by atoms with Crippen LogP contribution < -0.4 is 0 Å². The van der Waals surface area contributed by atoms with Crippen molar-refractivity contribution < 1.29 is 4.79 Å². The zero-order valence-electron chi connectivity index (χ0n) is 10.4. The summed E-state index contributed by atoms with van der Waals surface area (Å²) >= 11 is 2.17.